The molecule has 33 heavy (non-hydrogen) atoms. The van der Waals surface area contributed by atoms with Gasteiger partial charge in [0.2, 0.25) is 11.8 Å². The molecule has 0 saturated heterocycles. The second kappa shape index (κ2) is 11.5. The predicted molar refractivity (Wildman–Crippen MR) is 129 cm³/mol. The molecule has 1 N–H and O–H groups in total. The number of ketones is 1. The van der Waals surface area contributed by atoms with Crippen LogP contribution in [0.2, 0.25) is 0 Å². The third-order valence-electron chi connectivity index (χ3n) is 5.11. The number of nitrogens with zero attached hydrogens (tertiary/aromatic N) is 2. The van der Waals surface area contributed by atoms with E-state index in [1.807, 2.05) is 48.5 Å². The Morgan fingerprint density at radius 2 is 1.61 bits per heavy atom. The van der Waals surface area contributed by atoms with Crippen molar-refractivity contribution in [3.63, 3.8) is 0 Å². The first kappa shape index (κ1) is 23.6. The molecule has 168 valence electrons. The summed E-state index contributed by atoms with van der Waals surface area (Å²) in [7, 11) is 0. The molecule has 6 heteroatoms. The van der Waals surface area contributed by atoms with Crippen molar-refractivity contribution in [1.82, 2.24) is 9.88 Å². The summed E-state index contributed by atoms with van der Waals surface area (Å²) in [6.07, 6.45) is 3.65. The molecule has 0 fully saturated rings. The first-order chi connectivity index (χ1) is 15.9. The summed E-state index contributed by atoms with van der Waals surface area (Å²) < 4.78 is 0. The molecule has 1 heterocycles. The lowest BCUT2D eigenvalue weighted by Crippen LogP contribution is -2.33. The topological polar surface area (TPSA) is 79.4 Å². The molecule has 2 aromatic carbocycles. The zero-order chi connectivity index (χ0) is 23.6. The molecule has 0 radical (unpaired) electrons. The summed E-state index contributed by atoms with van der Waals surface area (Å²) in [5.41, 5.74) is 3.37. The van der Waals surface area contributed by atoms with E-state index in [4.69, 9.17) is 0 Å². The Labute approximate surface area is 194 Å². The summed E-state index contributed by atoms with van der Waals surface area (Å²) >= 11 is 0. The number of anilines is 1. The Morgan fingerprint density at radius 1 is 0.909 bits per heavy atom. The molecule has 0 aliphatic carbocycles. The van der Waals surface area contributed by atoms with Gasteiger partial charge in [-0.25, -0.2) is 0 Å². The fraction of sp³-hybridized carbons (Fsp3) is 0.185. The Bertz CT molecular complexity index is 1120. The van der Waals surface area contributed by atoms with E-state index in [0.717, 1.165) is 11.3 Å². The molecule has 0 saturated carbocycles. The van der Waals surface area contributed by atoms with Gasteiger partial charge in [-0.1, -0.05) is 36.4 Å². The van der Waals surface area contributed by atoms with Crippen LogP contribution in [0.4, 0.5) is 5.69 Å². The number of hydrogen-bond donors (Lipinski definition) is 1. The van der Waals surface area contributed by atoms with Crippen molar-refractivity contribution in [2.45, 2.75) is 26.8 Å². The standard InChI is InChI=1S/C27H27N3O3/c1-20(18-26(32)29-25-13-11-23(12-14-25)21(2)31)27(33)30(19-22-8-4-3-5-9-22)17-15-24-10-6-7-16-28-24/h3-14,16,18H,15,17,19H2,1-2H3,(H,29,32)/b20-18-. The Hall–Kier alpha value is -4.06. The van der Waals surface area contributed by atoms with Crippen LogP contribution < -0.4 is 5.32 Å². The Morgan fingerprint density at radius 3 is 2.24 bits per heavy atom. The molecule has 0 aliphatic rings. The molecule has 0 aliphatic heterocycles. The summed E-state index contributed by atoms with van der Waals surface area (Å²) in [6, 6.07) is 22.1. The van der Waals surface area contributed by atoms with Gasteiger partial charge >= 0.3 is 0 Å². The third kappa shape index (κ3) is 7.25. The second-order valence-electron chi connectivity index (χ2n) is 7.73. The number of Topliss-reactive ketones (excluding diaryl/α,β-unsaturated/α-hetero) is 1. The number of amides is 2. The maximum absolute atomic E-state index is 13.2. The van der Waals surface area contributed by atoms with Crippen LogP contribution in [0.5, 0.6) is 0 Å². The highest BCUT2D eigenvalue weighted by atomic mass is 16.2. The van der Waals surface area contributed by atoms with Gasteiger partial charge in [0.05, 0.1) is 0 Å². The highest BCUT2D eigenvalue weighted by molar-refractivity contribution is 6.06. The lowest BCUT2D eigenvalue weighted by Gasteiger charge is -2.23. The summed E-state index contributed by atoms with van der Waals surface area (Å²) in [5, 5.41) is 2.73. The average molecular weight is 442 g/mol. The van der Waals surface area contributed by atoms with Crippen LogP contribution in [0.15, 0.2) is 90.6 Å². The molecule has 2 amide bonds. The molecule has 3 rings (SSSR count). The van der Waals surface area contributed by atoms with Gasteiger partial charge in [0, 0.05) is 54.3 Å². The van der Waals surface area contributed by atoms with E-state index in [1.165, 1.54) is 13.0 Å². The number of aromatic nitrogens is 1. The predicted octanol–water partition coefficient (Wildman–Crippen LogP) is 4.44. The van der Waals surface area contributed by atoms with Crippen LogP contribution >= 0.6 is 0 Å². The van der Waals surface area contributed by atoms with Crippen molar-refractivity contribution in [2.75, 3.05) is 11.9 Å². The fourth-order valence-electron chi connectivity index (χ4n) is 3.33. The number of hydrogen-bond acceptors (Lipinski definition) is 4. The minimum Gasteiger partial charge on any atom is -0.334 e. The largest absolute Gasteiger partial charge is 0.334 e. The monoisotopic (exact) mass is 441 g/mol. The third-order valence-corrected chi connectivity index (χ3v) is 5.11. The Kier molecular flexibility index (Phi) is 8.24. The second-order valence-corrected chi connectivity index (χ2v) is 7.73. The molecule has 0 unspecified atom stereocenters. The van der Waals surface area contributed by atoms with Crippen LogP contribution in [0.25, 0.3) is 0 Å². The van der Waals surface area contributed by atoms with E-state index in [-0.39, 0.29) is 11.7 Å². The van der Waals surface area contributed by atoms with Gasteiger partial charge in [0.1, 0.15) is 0 Å². The molecule has 0 bridgehead atoms. The van der Waals surface area contributed by atoms with Crippen LogP contribution in [-0.2, 0) is 22.6 Å². The summed E-state index contributed by atoms with van der Waals surface area (Å²) in [6.45, 7) is 4.04. The molecular weight excluding hydrogens is 414 g/mol. The van der Waals surface area contributed by atoms with Crippen LogP contribution in [-0.4, -0.2) is 34.0 Å². The first-order valence-electron chi connectivity index (χ1n) is 10.8. The van der Waals surface area contributed by atoms with Gasteiger partial charge in [-0.3, -0.25) is 19.4 Å². The smallest absolute Gasteiger partial charge is 0.249 e. The number of carbonyl (C=O) groups is 3. The number of nitrogens with one attached hydrogen (secondary N) is 1. The van der Waals surface area contributed by atoms with Gasteiger partial charge in [0.25, 0.3) is 0 Å². The highest BCUT2D eigenvalue weighted by Crippen LogP contribution is 2.13. The van der Waals surface area contributed by atoms with E-state index in [2.05, 4.69) is 10.3 Å². The maximum Gasteiger partial charge on any atom is 0.249 e. The van der Waals surface area contributed by atoms with Crippen LogP contribution in [0, 0.1) is 0 Å². The molecule has 1 aromatic heterocycles. The van der Waals surface area contributed by atoms with E-state index < -0.39 is 5.91 Å². The van der Waals surface area contributed by atoms with E-state index >= 15 is 0 Å². The number of benzene rings is 2. The SMILES string of the molecule is CC(=O)c1ccc(NC(=O)/C=C(/C)C(=O)N(CCc2ccccn2)Cc2ccccc2)cc1. The Balaban J connectivity index is 1.70. The zero-order valence-corrected chi connectivity index (χ0v) is 18.8. The minimum absolute atomic E-state index is 0.0431. The first-order valence-corrected chi connectivity index (χ1v) is 10.8. The molecule has 6 nitrogen and oxygen atoms in total. The lowest BCUT2D eigenvalue weighted by molar-refractivity contribution is -0.128. The molecule has 0 spiro atoms. The van der Waals surface area contributed by atoms with E-state index in [1.54, 1.807) is 42.3 Å². The number of pyridine rings is 1. The number of rotatable bonds is 9. The van der Waals surface area contributed by atoms with Crippen LogP contribution in [0.1, 0.15) is 35.5 Å². The summed E-state index contributed by atoms with van der Waals surface area (Å²) in [5.74, 6) is -0.656. The van der Waals surface area contributed by atoms with Gasteiger partial charge in [-0.15, -0.1) is 0 Å². The molecular formula is C27H27N3O3. The highest BCUT2D eigenvalue weighted by Gasteiger charge is 2.17. The maximum atomic E-state index is 13.2. The van der Waals surface area contributed by atoms with Crippen LogP contribution in [0.3, 0.4) is 0 Å². The number of carbonyl (C=O) groups excluding carboxylic acids is 3. The molecule has 3 aromatic rings. The van der Waals surface area contributed by atoms with Gasteiger partial charge in [-0.2, -0.15) is 0 Å². The van der Waals surface area contributed by atoms with Gasteiger partial charge in [-0.05, 0) is 55.8 Å². The van der Waals surface area contributed by atoms with Crippen molar-refractivity contribution < 1.29 is 14.4 Å². The van der Waals surface area contributed by atoms with E-state index in [0.29, 0.717) is 36.3 Å². The van der Waals surface area contributed by atoms with Crippen molar-refractivity contribution in [2.24, 2.45) is 0 Å². The van der Waals surface area contributed by atoms with Crippen molar-refractivity contribution in [1.29, 1.82) is 0 Å². The average Bonchev–Trinajstić information content (AvgIpc) is 2.82. The van der Waals surface area contributed by atoms with Crippen molar-refractivity contribution in [3.8, 4) is 0 Å². The van der Waals surface area contributed by atoms with Crippen molar-refractivity contribution >= 4 is 23.3 Å². The minimum atomic E-state index is -0.402. The fourth-order valence-corrected chi connectivity index (χ4v) is 3.33. The van der Waals surface area contributed by atoms with Gasteiger partial charge in [0.15, 0.2) is 5.78 Å². The molecule has 0 atom stereocenters. The summed E-state index contributed by atoms with van der Waals surface area (Å²) in [4.78, 5) is 43.1. The normalized spacial score (nSPS) is 11.0. The lowest BCUT2D eigenvalue weighted by atomic mass is 10.1. The van der Waals surface area contributed by atoms with Gasteiger partial charge < -0.3 is 10.2 Å². The van der Waals surface area contributed by atoms with Crippen molar-refractivity contribution in [3.05, 3.63) is 107 Å². The quantitative estimate of drug-likeness (QED) is 0.393. The zero-order valence-electron chi connectivity index (χ0n) is 18.8. The van der Waals surface area contributed by atoms with E-state index in [9.17, 15) is 14.4 Å².